The molecule has 12 heteroatoms. The summed E-state index contributed by atoms with van der Waals surface area (Å²) in [6, 6.07) is 27.0. The van der Waals surface area contributed by atoms with Crippen molar-refractivity contribution in [3.8, 4) is 0 Å². The monoisotopic (exact) mass is 580 g/mol. The second kappa shape index (κ2) is 12.4. The SMILES string of the molecule is O=S(=O)(O[C@H]1O[C@@H]2COC(c3ccccc3)O[C@H]2[C@H](OCc2ccccc2)[C@@H]1OCc1ccccc1)C(F)(F)F. The van der Waals surface area contributed by atoms with Crippen LogP contribution in [0.25, 0.3) is 0 Å². The predicted molar refractivity (Wildman–Crippen MR) is 135 cm³/mol. The highest BCUT2D eigenvalue weighted by Gasteiger charge is 2.56. The van der Waals surface area contributed by atoms with E-state index in [9.17, 15) is 21.6 Å². The van der Waals surface area contributed by atoms with Gasteiger partial charge in [0.1, 0.15) is 24.4 Å². The van der Waals surface area contributed by atoms with Gasteiger partial charge in [-0.05, 0) is 11.1 Å². The summed E-state index contributed by atoms with van der Waals surface area (Å²) >= 11 is 0. The van der Waals surface area contributed by atoms with E-state index in [-0.39, 0.29) is 19.8 Å². The van der Waals surface area contributed by atoms with E-state index in [2.05, 4.69) is 4.18 Å². The smallest absolute Gasteiger partial charge is 0.368 e. The van der Waals surface area contributed by atoms with E-state index < -0.39 is 52.6 Å². The molecule has 5 rings (SSSR count). The minimum atomic E-state index is -6.04. The zero-order valence-electron chi connectivity index (χ0n) is 21.1. The van der Waals surface area contributed by atoms with Gasteiger partial charge in [-0.2, -0.15) is 21.6 Å². The molecule has 3 aromatic rings. The number of rotatable bonds is 9. The molecular weight excluding hydrogens is 553 g/mol. The highest BCUT2D eigenvalue weighted by Crippen LogP contribution is 2.39. The molecule has 8 nitrogen and oxygen atoms in total. The normalized spacial score (nSPS) is 27.2. The minimum Gasteiger partial charge on any atom is -0.368 e. The largest absolute Gasteiger partial charge is 0.523 e. The second-order valence-electron chi connectivity index (χ2n) is 9.24. The first kappa shape index (κ1) is 28.7. The molecule has 40 heavy (non-hydrogen) atoms. The van der Waals surface area contributed by atoms with E-state index >= 15 is 0 Å². The maximum atomic E-state index is 13.3. The molecule has 0 aliphatic carbocycles. The summed E-state index contributed by atoms with van der Waals surface area (Å²) in [6.07, 6.45) is -7.22. The highest BCUT2D eigenvalue weighted by molar-refractivity contribution is 7.87. The van der Waals surface area contributed by atoms with Gasteiger partial charge in [-0.25, -0.2) is 4.18 Å². The van der Waals surface area contributed by atoms with Crippen molar-refractivity contribution < 1.29 is 49.5 Å². The first-order valence-electron chi connectivity index (χ1n) is 12.5. The fraction of sp³-hybridized carbons (Fsp3) is 0.357. The van der Waals surface area contributed by atoms with E-state index in [0.717, 1.165) is 5.56 Å². The minimum absolute atomic E-state index is 0.0406. The average molecular weight is 581 g/mol. The number of halogens is 3. The molecular formula is C28H27F3O8S. The standard InChI is InChI=1S/C28H27F3O8S/c29-28(30,31)40(32,33)39-27-25(35-17-20-12-6-2-7-13-20)24(34-16-19-10-4-1-5-11-19)23-22(37-27)18-36-26(38-23)21-14-8-3-9-15-21/h1-15,22-27H,16-18H2/t22-,23-,24+,25+,26?,27-/m1/s1. The van der Waals surface area contributed by atoms with E-state index in [1.807, 2.05) is 48.5 Å². The zero-order valence-corrected chi connectivity index (χ0v) is 21.9. The third kappa shape index (κ3) is 6.72. The summed E-state index contributed by atoms with van der Waals surface area (Å²) in [5.74, 6) is 0. The number of alkyl halides is 3. The predicted octanol–water partition coefficient (Wildman–Crippen LogP) is 4.86. The lowest BCUT2D eigenvalue weighted by molar-refractivity contribution is -0.361. The van der Waals surface area contributed by atoms with Gasteiger partial charge < -0.3 is 23.7 Å². The van der Waals surface area contributed by atoms with Crippen molar-refractivity contribution in [2.75, 3.05) is 6.61 Å². The first-order valence-corrected chi connectivity index (χ1v) is 13.9. The van der Waals surface area contributed by atoms with Gasteiger partial charge in [0.15, 0.2) is 6.29 Å². The quantitative estimate of drug-likeness (QED) is 0.262. The Kier molecular flexibility index (Phi) is 8.86. The molecule has 0 spiro atoms. The van der Waals surface area contributed by atoms with Crippen molar-refractivity contribution >= 4 is 10.1 Å². The van der Waals surface area contributed by atoms with Gasteiger partial charge in [-0.1, -0.05) is 91.0 Å². The van der Waals surface area contributed by atoms with Crippen LogP contribution in [0.15, 0.2) is 91.0 Å². The molecule has 0 N–H and O–H groups in total. The molecule has 2 aliphatic rings. The molecule has 2 fully saturated rings. The van der Waals surface area contributed by atoms with Crippen molar-refractivity contribution in [2.45, 2.75) is 55.7 Å². The van der Waals surface area contributed by atoms with E-state index in [0.29, 0.717) is 11.1 Å². The van der Waals surface area contributed by atoms with Crippen LogP contribution < -0.4 is 0 Å². The van der Waals surface area contributed by atoms with Crippen LogP contribution >= 0.6 is 0 Å². The van der Waals surface area contributed by atoms with Crippen LogP contribution in [0.5, 0.6) is 0 Å². The van der Waals surface area contributed by atoms with Crippen molar-refractivity contribution in [3.63, 3.8) is 0 Å². The molecule has 2 heterocycles. The Morgan fingerprint density at radius 2 is 1.27 bits per heavy atom. The van der Waals surface area contributed by atoms with Crippen LogP contribution in [0.3, 0.4) is 0 Å². The molecule has 2 aliphatic heterocycles. The molecule has 6 atom stereocenters. The molecule has 0 radical (unpaired) electrons. The van der Waals surface area contributed by atoms with Crippen molar-refractivity contribution in [3.05, 3.63) is 108 Å². The van der Waals surface area contributed by atoms with Gasteiger partial charge in [0.25, 0.3) is 0 Å². The van der Waals surface area contributed by atoms with Gasteiger partial charge in [0.2, 0.25) is 6.29 Å². The van der Waals surface area contributed by atoms with Gasteiger partial charge in [-0.15, -0.1) is 0 Å². The summed E-state index contributed by atoms with van der Waals surface area (Å²) in [6.45, 7) is -0.159. The van der Waals surface area contributed by atoms with E-state index in [1.54, 1.807) is 42.5 Å². The lowest BCUT2D eigenvalue weighted by Crippen LogP contribution is -2.64. The van der Waals surface area contributed by atoms with Crippen LogP contribution in [0, 0.1) is 0 Å². The highest BCUT2D eigenvalue weighted by atomic mass is 32.2. The maximum Gasteiger partial charge on any atom is 0.523 e. The molecule has 2 saturated heterocycles. The Hall–Kier alpha value is -2.84. The number of benzene rings is 3. The Morgan fingerprint density at radius 1 is 0.750 bits per heavy atom. The summed E-state index contributed by atoms with van der Waals surface area (Å²) in [5, 5.41) is 0. The average Bonchev–Trinajstić information content (AvgIpc) is 2.95. The lowest BCUT2D eigenvalue weighted by atomic mass is 9.97. The van der Waals surface area contributed by atoms with Crippen molar-refractivity contribution in [1.82, 2.24) is 0 Å². The van der Waals surface area contributed by atoms with Crippen molar-refractivity contribution in [1.29, 1.82) is 0 Å². The summed E-state index contributed by atoms with van der Waals surface area (Å²) in [7, 11) is -6.04. The van der Waals surface area contributed by atoms with Crippen LogP contribution in [-0.2, 0) is 51.2 Å². The fourth-order valence-corrected chi connectivity index (χ4v) is 5.00. The molecule has 214 valence electrons. The number of hydrogen-bond acceptors (Lipinski definition) is 8. The Morgan fingerprint density at radius 3 is 1.82 bits per heavy atom. The zero-order chi connectivity index (χ0) is 28.2. The Bertz CT molecular complexity index is 1330. The topological polar surface area (TPSA) is 89.5 Å². The van der Waals surface area contributed by atoms with E-state index in [1.165, 1.54) is 0 Å². The molecule has 3 aromatic carbocycles. The molecule has 0 bridgehead atoms. The molecule has 0 aromatic heterocycles. The van der Waals surface area contributed by atoms with Crippen LogP contribution in [0.2, 0.25) is 0 Å². The van der Waals surface area contributed by atoms with Gasteiger partial charge >= 0.3 is 15.6 Å². The van der Waals surface area contributed by atoms with Gasteiger partial charge in [0, 0.05) is 5.56 Å². The maximum absolute atomic E-state index is 13.3. The van der Waals surface area contributed by atoms with Crippen molar-refractivity contribution in [2.24, 2.45) is 0 Å². The third-order valence-electron chi connectivity index (χ3n) is 6.43. The molecule has 0 saturated carbocycles. The number of fused-ring (bicyclic) bond motifs is 1. The fourth-order valence-electron chi connectivity index (χ4n) is 4.48. The van der Waals surface area contributed by atoms with Gasteiger partial charge in [0.05, 0.1) is 19.8 Å². The Balaban J connectivity index is 1.47. The van der Waals surface area contributed by atoms with Crippen LogP contribution in [0.1, 0.15) is 23.0 Å². The Labute approximate surface area is 229 Å². The second-order valence-corrected chi connectivity index (χ2v) is 10.8. The molecule has 1 unspecified atom stereocenters. The van der Waals surface area contributed by atoms with Crippen LogP contribution in [-0.4, -0.2) is 51.2 Å². The van der Waals surface area contributed by atoms with Gasteiger partial charge in [-0.3, -0.25) is 0 Å². The summed E-state index contributed by atoms with van der Waals surface area (Å²) in [5.41, 5.74) is -3.49. The first-order chi connectivity index (χ1) is 19.2. The lowest BCUT2D eigenvalue weighted by Gasteiger charge is -2.48. The third-order valence-corrected chi connectivity index (χ3v) is 7.44. The van der Waals surface area contributed by atoms with Crippen LogP contribution in [0.4, 0.5) is 13.2 Å². The number of ether oxygens (including phenoxy) is 5. The number of hydrogen-bond donors (Lipinski definition) is 0. The summed E-state index contributed by atoms with van der Waals surface area (Å²) in [4.78, 5) is 0. The summed E-state index contributed by atoms with van der Waals surface area (Å²) < 4.78 is 98.6. The molecule has 0 amide bonds. The van der Waals surface area contributed by atoms with E-state index in [4.69, 9.17) is 23.7 Å².